The van der Waals surface area contributed by atoms with Crippen LogP contribution in [0.5, 0.6) is 0 Å². The molecule has 66 valence electrons. The predicted molar refractivity (Wildman–Crippen MR) is 37.6 cm³/mol. The molecular weight excluding hydrogens is 152 g/mol. The maximum Gasteiger partial charge on any atom is 0.249 e. The van der Waals surface area contributed by atoms with E-state index in [1.165, 1.54) is 0 Å². The lowest BCUT2D eigenvalue weighted by Crippen LogP contribution is -2.45. The Bertz CT molecular complexity index is 135. The molecule has 0 amide bonds. The van der Waals surface area contributed by atoms with Crippen LogP contribution in [0.15, 0.2) is 0 Å². The predicted octanol–water partition coefficient (Wildman–Crippen LogP) is 0.612. The minimum atomic E-state index is -2.67. The molecule has 2 nitrogen and oxygen atoms in total. The molecule has 2 atom stereocenters. The van der Waals surface area contributed by atoms with Crippen LogP contribution in [0.2, 0.25) is 0 Å². The van der Waals surface area contributed by atoms with Gasteiger partial charge in [0.05, 0.1) is 6.10 Å². The van der Waals surface area contributed by atoms with Crippen LogP contribution in [0.4, 0.5) is 8.78 Å². The average molecular weight is 165 g/mol. The van der Waals surface area contributed by atoms with Gasteiger partial charge in [0.2, 0.25) is 5.92 Å². The van der Waals surface area contributed by atoms with E-state index in [-0.39, 0.29) is 6.42 Å². The Balaban J connectivity index is 2.46. The molecule has 1 rings (SSSR count). The molecule has 2 N–H and O–H groups in total. The second kappa shape index (κ2) is 3.03. The van der Waals surface area contributed by atoms with Crippen molar-refractivity contribution < 1.29 is 13.9 Å². The summed E-state index contributed by atoms with van der Waals surface area (Å²) in [6.07, 6.45) is -0.407. The molecule has 1 aliphatic heterocycles. The van der Waals surface area contributed by atoms with Crippen molar-refractivity contribution in [1.29, 1.82) is 0 Å². The van der Waals surface area contributed by atoms with E-state index in [2.05, 4.69) is 5.32 Å². The van der Waals surface area contributed by atoms with Crippen LogP contribution in [0.25, 0.3) is 0 Å². The van der Waals surface area contributed by atoms with E-state index < -0.39 is 17.9 Å². The number of hydrogen-bond acceptors (Lipinski definition) is 2. The molecule has 1 heterocycles. The number of β-amino-alcohol motifs (C(OH)–C–C–N with tert-alkyl or cyclic N) is 1. The van der Waals surface area contributed by atoms with Gasteiger partial charge in [0.25, 0.3) is 0 Å². The minimum absolute atomic E-state index is 0.205. The molecule has 2 unspecified atom stereocenters. The van der Waals surface area contributed by atoms with E-state index in [0.29, 0.717) is 13.1 Å². The number of alkyl halides is 2. The molecule has 0 aliphatic carbocycles. The van der Waals surface area contributed by atoms with Gasteiger partial charge in [-0.3, -0.25) is 0 Å². The highest BCUT2D eigenvalue weighted by molar-refractivity contribution is 4.82. The fourth-order valence-electron chi connectivity index (χ4n) is 1.31. The zero-order chi connectivity index (χ0) is 8.48. The molecule has 1 saturated heterocycles. The summed E-state index contributed by atoms with van der Waals surface area (Å²) in [6, 6.07) is 0. The molecule has 11 heavy (non-hydrogen) atoms. The summed E-state index contributed by atoms with van der Waals surface area (Å²) in [5.41, 5.74) is 0. The molecule has 0 spiro atoms. The van der Waals surface area contributed by atoms with Crippen molar-refractivity contribution >= 4 is 0 Å². The molecule has 0 bridgehead atoms. The number of aliphatic hydroxyl groups is 1. The van der Waals surface area contributed by atoms with Crippen LogP contribution < -0.4 is 5.32 Å². The Labute approximate surface area is 64.6 Å². The Morgan fingerprint density at radius 1 is 1.45 bits per heavy atom. The van der Waals surface area contributed by atoms with Gasteiger partial charge in [0.1, 0.15) is 0 Å². The first kappa shape index (κ1) is 8.87. The van der Waals surface area contributed by atoms with Gasteiger partial charge < -0.3 is 10.4 Å². The van der Waals surface area contributed by atoms with Gasteiger partial charge in [0, 0.05) is 19.0 Å². The number of hydrogen-bond donors (Lipinski definition) is 2. The van der Waals surface area contributed by atoms with Gasteiger partial charge in [-0.15, -0.1) is 0 Å². The number of aliphatic hydroxyl groups excluding tert-OH is 1. The van der Waals surface area contributed by atoms with Gasteiger partial charge in [-0.05, 0) is 13.3 Å². The van der Waals surface area contributed by atoms with Crippen molar-refractivity contribution in [1.82, 2.24) is 5.32 Å². The van der Waals surface area contributed by atoms with Crippen molar-refractivity contribution in [3.63, 3.8) is 0 Å². The number of rotatable bonds is 1. The summed E-state index contributed by atoms with van der Waals surface area (Å²) in [6.45, 7) is 1.64. The molecule has 0 aromatic carbocycles. The molecule has 1 aliphatic rings. The Kier molecular flexibility index (Phi) is 2.44. The summed E-state index contributed by atoms with van der Waals surface area (Å²) in [4.78, 5) is 0. The Morgan fingerprint density at radius 2 is 2.09 bits per heavy atom. The largest absolute Gasteiger partial charge is 0.392 e. The van der Waals surface area contributed by atoms with E-state index in [1.807, 2.05) is 0 Å². The summed E-state index contributed by atoms with van der Waals surface area (Å²) < 4.78 is 25.3. The highest BCUT2D eigenvalue weighted by atomic mass is 19.3. The van der Waals surface area contributed by atoms with Crippen LogP contribution in [-0.4, -0.2) is 30.2 Å². The third kappa shape index (κ3) is 2.38. The fourth-order valence-corrected chi connectivity index (χ4v) is 1.31. The molecule has 1 fully saturated rings. The summed E-state index contributed by atoms with van der Waals surface area (Å²) >= 11 is 0. The average Bonchev–Trinajstić information content (AvgIpc) is 1.86. The summed E-state index contributed by atoms with van der Waals surface area (Å²) in [5.74, 6) is -3.39. The zero-order valence-electron chi connectivity index (χ0n) is 6.48. The number of halogens is 2. The third-order valence-corrected chi connectivity index (χ3v) is 2.04. The molecule has 4 heteroatoms. The molecular formula is C7H13F2NO. The highest BCUT2D eigenvalue weighted by Gasteiger charge is 2.37. The maximum absolute atomic E-state index is 12.6. The minimum Gasteiger partial charge on any atom is -0.392 e. The standard InChI is InChI=1S/C7H13F2NO/c1-7(8,9)5-2-6(11)4-10-3-5/h5-6,10-11H,2-4H2,1H3. The molecule has 0 radical (unpaired) electrons. The quantitative estimate of drug-likeness (QED) is 0.596. The smallest absolute Gasteiger partial charge is 0.249 e. The second-order valence-corrected chi connectivity index (χ2v) is 3.20. The third-order valence-electron chi connectivity index (χ3n) is 2.04. The van der Waals surface area contributed by atoms with Gasteiger partial charge in [-0.2, -0.15) is 0 Å². The van der Waals surface area contributed by atoms with Gasteiger partial charge in [-0.1, -0.05) is 0 Å². The van der Waals surface area contributed by atoms with E-state index >= 15 is 0 Å². The number of piperidine rings is 1. The monoisotopic (exact) mass is 165 g/mol. The Hall–Kier alpha value is -0.220. The number of nitrogens with one attached hydrogen (secondary N) is 1. The highest BCUT2D eigenvalue weighted by Crippen LogP contribution is 2.28. The van der Waals surface area contributed by atoms with Crippen LogP contribution in [0.1, 0.15) is 13.3 Å². The first-order valence-corrected chi connectivity index (χ1v) is 3.76. The van der Waals surface area contributed by atoms with Crippen LogP contribution in [0, 0.1) is 5.92 Å². The lowest BCUT2D eigenvalue weighted by atomic mass is 9.92. The zero-order valence-corrected chi connectivity index (χ0v) is 6.48. The van der Waals surface area contributed by atoms with Crippen LogP contribution in [0.3, 0.4) is 0 Å². The van der Waals surface area contributed by atoms with Gasteiger partial charge in [-0.25, -0.2) is 8.78 Å². The van der Waals surface area contributed by atoms with E-state index in [0.717, 1.165) is 6.92 Å². The van der Waals surface area contributed by atoms with E-state index in [9.17, 15) is 8.78 Å². The fraction of sp³-hybridized carbons (Fsp3) is 1.00. The van der Waals surface area contributed by atoms with Crippen LogP contribution in [-0.2, 0) is 0 Å². The van der Waals surface area contributed by atoms with Crippen molar-refractivity contribution in [2.75, 3.05) is 13.1 Å². The summed E-state index contributed by atoms with van der Waals surface area (Å²) in [7, 11) is 0. The van der Waals surface area contributed by atoms with Crippen molar-refractivity contribution in [3.8, 4) is 0 Å². The van der Waals surface area contributed by atoms with Gasteiger partial charge in [0.15, 0.2) is 0 Å². The van der Waals surface area contributed by atoms with Crippen molar-refractivity contribution in [3.05, 3.63) is 0 Å². The second-order valence-electron chi connectivity index (χ2n) is 3.20. The topological polar surface area (TPSA) is 32.3 Å². The van der Waals surface area contributed by atoms with E-state index in [4.69, 9.17) is 5.11 Å². The molecule has 0 aromatic heterocycles. The van der Waals surface area contributed by atoms with Gasteiger partial charge >= 0.3 is 0 Å². The maximum atomic E-state index is 12.6. The Morgan fingerprint density at radius 3 is 2.45 bits per heavy atom. The lowest BCUT2D eigenvalue weighted by Gasteiger charge is -2.30. The van der Waals surface area contributed by atoms with Crippen LogP contribution >= 0.6 is 0 Å². The normalized spacial score (nSPS) is 33.8. The molecule has 0 aromatic rings. The van der Waals surface area contributed by atoms with E-state index in [1.54, 1.807) is 0 Å². The lowest BCUT2D eigenvalue weighted by molar-refractivity contribution is -0.0660. The van der Waals surface area contributed by atoms with Crippen molar-refractivity contribution in [2.45, 2.75) is 25.4 Å². The first-order chi connectivity index (χ1) is 5.00. The van der Waals surface area contributed by atoms with Crippen molar-refractivity contribution in [2.24, 2.45) is 5.92 Å². The molecule has 0 saturated carbocycles. The SMILES string of the molecule is CC(F)(F)C1CNCC(O)C1. The first-order valence-electron chi connectivity index (χ1n) is 3.76. The summed E-state index contributed by atoms with van der Waals surface area (Å²) in [5, 5.41) is 11.8.